The van der Waals surface area contributed by atoms with Crippen LogP contribution in [0.2, 0.25) is 0 Å². The summed E-state index contributed by atoms with van der Waals surface area (Å²) in [5, 5.41) is 7.28. The van der Waals surface area contributed by atoms with E-state index in [1.807, 2.05) is 13.0 Å². The highest BCUT2D eigenvalue weighted by Gasteiger charge is 2.15. The summed E-state index contributed by atoms with van der Waals surface area (Å²) in [5.41, 5.74) is 1.77. The number of halogens is 1. The van der Waals surface area contributed by atoms with E-state index in [0.717, 1.165) is 16.1 Å². The third-order valence-electron chi connectivity index (χ3n) is 2.98. The molecule has 0 saturated carbocycles. The fourth-order valence-electron chi connectivity index (χ4n) is 1.88. The highest BCUT2D eigenvalue weighted by atomic mass is 32.1. The SMILES string of the molecule is CCOC(=O)c1sc(NC(=S)NCc2ccc(F)cc2)cc1C. The van der Waals surface area contributed by atoms with Crippen LogP contribution in [0.4, 0.5) is 9.39 Å². The highest BCUT2D eigenvalue weighted by molar-refractivity contribution is 7.80. The van der Waals surface area contributed by atoms with Crippen molar-refractivity contribution in [2.45, 2.75) is 20.4 Å². The van der Waals surface area contributed by atoms with Crippen molar-refractivity contribution in [3.63, 3.8) is 0 Å². The molecule has 0 spiro atoms. The second-order valence-electron chi connectivity index (χ2n) is 4.78. The molecule has 0 bridgehead atoms. The van der Waals surface area contributed by atoms with Crippen molar-refractivity contribution in [2.24, 2.45) is 0 Å². The quantitative estimate of drug-likeness (QED) is 0.632. The molecule has 2 rings (SSSR count). The van der Waals surface area contributed by atoms with E-state index in [-0.39, 0.29) is 11.8 Å². The van der Waals surface area contributed by atoms with E-state index in [4.69, 9.17) is 17.0 Å². The Hall–Kier alpha value is -1.99. The molecule has 0 aliphatic rings. The normalized spacial score (nSPS) is 10.2. The molecule has 0 aliphatic heterocycles. The first kappa shape index (κ1) is 17.4. The van der Waals surface area contributed by atoms with Crippen LogP contribution in [0.5, 0.6) is 0 Å². The predicted octanol–water partition coefficient (Wildman–Crippen LogP) is 3.86. The van der Waals surface area contributed by atoms with Crippen molar-refractivity contribution in [1.29, 1.82) is 0 Å². The molecule has 2 N–H and O–H groups in total. The van der Waals surface area contributed by atoms with Gasteiger partial charge in [-0.2, -0.15) is 0 Å². The molecule has 0 unspecified atom stereocenters. The zero-order chi connectivity index (χ0) is 16.8. The molecule has 0 amide bonds. The summed E-state index contributed by atoms with van der Waals surface area (Å²) in [6, 6.07) is 8.05. The van der Waals surface area contributed by atoms with Gasteiger partial charge in [0.25, 0.3) is 0 Å². The van der Waals surface area contributed by atoms with Gasteiger partial charge >= 0.3 is 5.97 Å². The first-order valence-electron chi connectivity index (χ1n) is 7.06. The average molecular weight is 352 g/mol. The van der Waals surface area contributed by atoms with Crippen LogP contribution in [0.1, 0.15) is 27.7 Å². The molecule has 4 nitrogen and oxygen atoms in total. The number of hydrogen-bond acceptors (Lipinski definition) is 4. The maximum Gasteiger partial charge on any atom is 0.348 e. The summed E-state index contributed by atoms with van der Waals surface area (Å²) in [6.07, 6.45) is 0. The summed E-state index contributed by atoms with van der Waals surface area (Å²) >= 11 is 6.52. The molecule has 2 aromatic rings. The van der Waals surface area contributed by atoms with Gasteiger partial charge in [-0.05, 0) is 55.4 Å². The van der Waals surface area contributed by atoms with Gasteiger partial charge in [-0.3, -0.25) is 0 Å². The minimum atomic E-state index is -0.326. The smallest absolute Gasteiger partial charge is 0.348 e. The van der Waals surface area contributed by atoms with E-state index in [2.05, 4.69) is 10.6 Å². The van der Waals surface area contributed by atoms with Crippen LogP contribution in [-0.2, 0) is 11.3 Å². The number of hydrogen-bond donors (Lipinski definition) is 2. The summed E-state index contributed by atoms with van der Waals surface area (Å²) in [7, 11) is 0. The van der Waals surface area contributed by atoms with Crippen LogP contribution in [0.3, 0.4) is 0 Å². The lowest BCUT2D eigenvalue weighted by Crippen LogP contribution is -2.27. The first-order chi connectivity index (χ1) is 11.0. The van der Waals surface area contributed by atoms with Gasteiger partial charge in [0, 0.05) is 6.54 Å². The summed E-state index contributed by atoms with van der Waals surface area (Å²) in [4.78, 5) is 12.3. The minimum Gasteiger partial charge on any atom is -0.462 e. The molecule has 23 heavy (non-hydrogen) atoms. The number of nitrogens with one attached hydrogen (secondary N) is 2. The number of carbonyl (C=O) groups excluding carboxylic acids is 1. The molecule has 0 atom stereocenters. The number of aryl methyl sites for hydroxylation is 1. The van der Waals surface area contributed by atoms with E-state index >= 15 is 0 Å². The van der Waals surface area contributed by atoms with E-state index in [1.54, 1.807) is 19.1 Å². The van der Waals surface area contributed by atoms with Gasteiger partial charge in [0.15, 0.2) is 5.11 Å². The monoisotopic (exact) mass is 352 g/mol. The van der Waals surface area contributed by atoms with Crippen molar-refractivity contribution in [3.05, 3.63) is 52.2 Å². The summed E-state index contributed by atoms with van der Waals surface area (Å²) in [5.74, 6) is -0.594. The predicted molar refractivity (Wildman–Crippen MR) is 94.5 cm³/mol. The topological polar surface area (TPSA) is 50.4 Å². The Labute approximate surface area is 143 Å². The summed E-state index contributed by atoms with van der Waals surface area (Å²) < 4.78 is 17.8. The standard InChI is InChI=1S/C16H17FN2O2S2/c1-3-21-15(20)14-10(2)8-13(23-14)19-16(22)18-9-11-4-6-12(17)7-5-11/h4-8H,3,9H2,1-2H3,(H2,18,19,22). The number of esters is 1. The number of ether oxygens (including phenoxy) is 1. The highest BCUT2D eigenvalue weighted by Crippen LogP contribution is 2.27. The number of thiophene rings is 1. The Balaban J connectivity index is 1.91. The Bertz CT molecular complexity index is 699. The molecule has 7 heteroatoms. The van der Waals surface area contributed by atoms with E-state index in [0.29, 0.717) is 23.1 Å². The van der Waals surface area contributed by atoms with Gasteiger partial charge in [-0.1, -0.05) is 12.1 Å². The lowest BCUT2D eigenvalue weighted by atomic mass is 10.2. The third kappa shape index (κ3) is 5.01. The number of carbonyl (C=O) groups is 1. The van der Waals surface area contributed by atoms with Gasteiger partial charge < -0.3 is 15.4 Å². The lowest BCUT2D eigenvalue weighted by molar-refractivity contribution is 0.0531. The Morgan fingerprint density at radius 3 is 2.70 bits per heavy atom. The first-order valence-corrected chi connectivity index (χ1v) is 8.29. The number of thiocarbonyl (C=S) groups is 1. The van der Waals surface area contributed by atoms with Gasteiger partial charge in [-0.25, -0.2) is 9.18 Å². The fraction of sp³-hybridized carbons (Fsp3) is 0.250. The van der Waals surface area contributed by atoms with Crippen molar-refractivity contribution in [3.8, 4) is 0 Å². The minimum absolute atomic E-state index is 0.269. The van der Waals surface area contributed by atoms with Crippen LogP contribution >= 0.6 is 23.6 Å². The Morgan fingerprint density at radius 2 is 2.04 bits per heavy atom. The molecular formula is C16H17FN2O2S2. The van der Waals surface area contributed by atoms with Crippen LogP contribution in [0.25, 0.3) is 0 Å². The second kappa shape index (κ2) is 8.03. The molecule has 1 aromatic heterocycles. The molecule has 1 heterocycles. The van der Waals surface area contributed by atoms with Crippen molar-refractivity contribution >= 4 is 39.6 Å². The van der Waals surface area contributed by atoms with E-state index in [9.17, 15) is 9.18 Å². The molecule has 122 valence electrons. The maximum atomic E-state index is 12.8. The van der Waals surface area contributed by atoms with E-state index < -0.39 is 0 Å². The molecule has 1 aromatic carbocycles. The van der Waals surface area contributed by atoms with Gasteiger partial charge in [0.05, 0.1) is 11.6 Å². The van der Waals surface area contributed by atoms with Crippen LogP contribution in [0, 0.1) is 12.7 Å². The van der Waals surface area contributed by atoms with Gasteiger partial charge in [-0.15, -0.1) is 11.3 Å². The lowest BCUT2D eigenvalue weighted by Gasteiger charge is -2.08. The van der Waals surface area contributed by atoms with Crippen LogP contribution < -0.4 is 10.6 Å². The number of rotatable bonds is 5. The second-order valence-corrected chi connectivity index (χ2v) is 6.24. The molecule has 0 aliphatic carbocycles. The maximum absolute atomic E-state index is 12.8. The zero-order valence-electron chi connectivity index (χ0n) is 12.8. The molecule has 0 fully saturated rings. The Morgan fingerprint density at radius 1 is 1.35 bits per heavy atom. The third-order valence-corrected chi connectivity index (χ3v) is 4.36. The van der Waals surface area contributed by atoms with Crippen molar-refractivity contribution in [1.82, 2.24) is 5.32 Å². The molecule has 0 saturated heterocycles. The average Bonchev–Trinajstić information content (AvgIpc) is 2.87. The molecule has 0 radical (unpaired) electrons. The number of anilines is 1. The van der Waals surface area contributed by atoms with E-state index in [1.165, 1.54) is 23.5 Å². The molecular weight excluding hydrogens is 335 g/mol. The van der Waals surface area contributed by atoms with Crippen LogP contribution in [0.15, 0.2) is 30.3 Å². The Kier molecular flexibility index (Phi) is 6.06. The van der Waals surface area contributed by atoms with Crippen molar-refractivity contribution < 1.29 is 13.9 Å². The van der Waals surface area contributed by atoms with Crippen LogP contribution in [-0.4, -0.2) is 17.7 Å². The number of benzene rings is 1. The zero-order valence-corrected chi connectivity index (χ0v) is 14.4. The summed E-state index contributed by atoms with van der Waals surface area (Å²) in [6.45, 7) is 4.45. The van der Waals surface area contributed by atoms with Crippen molar-refractivity contribution in [2.75, 3.05) is 11.9 Å². The fourth-order valence-corrected chi connectivity index (χ4v) is 3.10. The van der Waals surface area contributed by atoms with Gasteiger partial charge in [0.1, 0.15) is 10.7 Å². The van der Waals surface area contributed by atoms with Gasteiger partial charge in [0.2, 0.25) is 0 Å². The largest absolute Gasteiger partial charge is 0.462 e.